The van der Waals surface area contributed by atoms with Crippen LogP contribution in [0, 0.1) is 23.7 Å². The van der Waals surface area contributed by atoms with E-state index in [2.05, 4.69) is 414 Å². The van der Waals surface area contributed by atoms with Crippen LogP contribution in [0.2, 0.25) is 0 Å². The molecule has 0 amide bonds. The smallest absolute Gasteiger partial charge is 0.0815 e. The molecule has 12 aromatic rings. The van der Waals surface area contributed by atoms with Gasteiger partial charge >= 0.3 is 0 Å². The maximum Gasteiger partial charge on any atom is 0.0815 e. The third kappa shape index (κ3) is 17.5. The molecule has 8 aromatic heterocycles. The van der Waals surface area contributed by atoms with E-state index in [-0.39, 0.29) is 43.3 Å². The number of pyridine rings is 2. The maximum atomic E-state index is 6.13. The first-order chi connectivity index (χ1) is 59.3. The van der Waals surface area contributed by atoms with Crippen molar-refractivity contribution in [2.75, 3.05) is 23.7 Å². The van der Waals surface area contributed by atoms with Crippen molar-refractivity contribution in [2.45, 2.75) is 223 Å². The lowest BCUT2D eigenvalue weighted by Gasteiger charge is -2.26. The van der Waals surface area contributed by atoms with Gasteiger partial charge in [-0.15, -0.1) is 0 Å². The van der Waals surface area contributed by atoms with Crippen molar-refractivity contribution in [3.8, 4) is 79.3 Å². The number of rotatable bonds is 9. The van der Waals surface area contributed by atoms with Gasteiger partial charge in [-0.25, -0.2) is 19.9 Å². The van der Waals surface area contributed by atoms with Gasteiger partial charge in [-0.1, -0.05) is 263 Å². The van der Waals surface area contributed by atoms with Crippen LogP contribution in [0.1, 0.15) is 292 Å². The highest BCUT2D eigenvalue weighted by atomic mass is 14.9. The van der Waals surface area contributed by atoms with Crippen molar-refractivity contribution in [1.29, 1.82) is 0 Å². The fourth-order valence-electron chi connectivity index (χ4n) is 16.9. The lowest BCUT2D eigenvalue weighted by Crippen LogP contribution is -2.16. The van der Waals surface area contributed by atoms with E-state index in [0.29, 0.717) is 47.0 Å². The molecule has 12 heteroatoms. The topological polar surface area (TPSA) is 165 Å². The highest BCUT2D eigenvalue weighted by Crippen LogP contribution is 2.47. The van der Waals surface area contributed by atoms with Crippen LogP contribution < -0.4 is 10.6 Å². The lowest BCUT2D eigenvalue weighted by molar-refractivity contribution is 0.568. The largest absolute Gasteiger partial charge is 0.384 e. The number of benzene rings is 4. The summed E-state index contributed by atoms with van der Waals surface area (Å²) in [5.74, 6) is 14.8. The van der Waals surface area contributed by atoms with Crippen LogP contribution in [-0.2, 0) is 43.3 Å². The van der Waals surface area contributed by atoms with Crippen molar-refractivity contribution in [3.63, 3.8) is 0 Å². The van der Waals surface area contributed by atoms with Crippen molar-refractivity contribution in [2.24, 2.45) is 0 Å². The van der Waals surface area contributed by atoms with Crippen molar-refractivity contribution >= 4 is 104 Å². The van der Waals surface area contributed by atoms with Gasteiger partial charge < -0.3 is 30.6 Å². The molecular weight excluding hydrogens is 1540 g/mol. The molecule has 4 aliphatic rings. The molecule has 0 saturated heterocycles. The summed E-state index contributed by atoms with van der Waals surface area (Å²) in [6.07, 6.45) is 24.7. The lowest BCUT2D eigenvalue weighted by atomic mass is 9.78. The van der Waals surface area contributed by atoms with Crippen molar-refractivity contribution in [3.05, 3.63) is 271 Å². The Morgan fingerprint density at radius 3 is 0.690 bits per heavy atom. The summed E-state index contributed by atoms with van der Waals surface area (Å²) < 4.78 is 0. The van der Waals surface area contributed by atoms with Crippen molar-refractivity contribution < 1.29 is 0 Å². The standard InChI is InChI=1S/C114H122N12/c1-27-117-83-49-51-115-65-67(83)29-31-81-85-33-37-89(119-85)101(69-53-73(107(3,4)5)61-74(54-69)108(6,7)8)91-41-43-93(123-91)103(71-57-77(111(15,16)17)63-78(58-71)112(18,19)20)95-45-47-99(125-95)105(97-39-35-87(81)121-97)106-98-40-36-88(122-98)82(32-30-68-66-116-52-50-84(68)118-28-2)86-34-38-90(120-86)102(70-55-75(109(9,10)11)62-76(56-70)110(12,13)14)92-42-44-94(124-92)104(96-46-48-100(106)126-96)72-59-79(113(21,22)23)64-80(60-72)114(24,25)26/h33-66,119,122,124-125H,27-28H2,1-26H3,(H,115,117)(H,116,118). The minimum Gasteiger partial charge on any atom is -0.384 e. The Balaban J connectivity index is 1.12. The van der Waals surface area contributed by atoms with Crippen LogP contribution in [0.25, 0.3) is 148 Å². The second-order valence-corrected chi connectivity index (χ2v) is 42.6. The molecule has 0 radical (unpaired) electrons. The van der Waals surface area contributed by atoms with Gasteiger partial charge in [-0.3, -0.25) is 9.97 Å². The average molecular weight is 1660 g/mol. The Morgan fingerprint density at radius 2 is 0.452 bits per heavy atom. The van der Waals surface area contributed by atoms with Gasteiger partial charge in [0.2, 0.25) is 0 Å². The monoisotopic (exact) mass is 1660 g/mol. The van der Waals surface area contributed by atoms with E-state index in [1.165, 1.54) is 44.5 Å². The minimum atomic E-state index is -0.217. The molecule has 0 unspecified atom stereocenters. The summed E-state index contributed by atoms with van der Waals surface area (Å²) in [5, 5.41) is 7.12. The van der Waals surface area contributed by atoms with Gasteiger partial charge in [0.25, 0.3) is 0 Å². The molecule has 6 N–H and O–H groups in total. The van der Waals surface area contributed by atoms with Gasteiger partial charge in [-0.2, -0.15) is 0 Å². The summed E-state index contributed by atoms with van der Waals surface area (Å²) in [5.41, 5.74) is 35.1. The summed E-state index contributed by atoms with van der Waals surface area (Å²) >= 11 is 0. The highest BCUT2D eigenvalue weighted by Gasteiger charge is 2.31. The fraction of sp³-hybridized carbons (Fsp3) is 0.316. The molecule has 4 aromatic carbocycles. The van der Waals surface area contributed by atoms with E-state index in [4.69, 9.17) is 19.9 Å². The predicted molar refractivity (Wildman–Crippen MR) is 537 cm³/mol. The second kappa shape index (κ2) is 32.3. The molecule has 0 saturated carbocycles. The molecule has 16 bridgehead atoms. The third-order valence-corrected chi connectivity index (χ3v) is 24.6. The van der Waals surface area contributed by atoms with E-state index in [1.54, 1.807) is 12.4 Å². The van der Waals surface area contributed by atoms with E-state index in [1.807, 2.05) is 24.5 Å². The molecule has 126 heavy (non-hydrogen) atoms. The van der Waals surface area contributed by atoms with Crippen LogP contribution in [-0.4, -0.2) is 62.9 Å². The average Bonchev–Trinajstić information content (AvgIpc) is 1.58. The van der Waals surface area contributed by atoms with E-state index in [9.17, 15) is 0 Å². The van der Waals surface area contributed by atoms with Crippen LogP contribution in [0.5, 0.6) is 0 Å². The number of anilines is 2. The highest BCUT2D eigenvalue weighted by molar-refractivity contribution is 6.05. The second-order valence-electron chi connectivity index (χ2n) is 42.6. The SMILES string of the molecule is CCNc1ccncc1C#Cc1c2nc(c(-c3c4nc(c(-c5cc(C(C)(C)C)cc(C(C)(C)C)c5)c5ccc([nH]5)c(-c5cc(C(C)(C)C)cc(C(C)(C)C)c5)c5nc(c(C#Cc6cnccc6NCC)c6ccc3[nH]6)C=C5)C=C4)c3ccc([nH]3)c(-c3cc(C(C)(C)C)cc(C(C)(C)C)c3)c3nc(c(-c4cc(C(C)(C)C)cc(C(C)(C)C)c4)c4ccc1[nH]4)C=C3)C=C2. The van der Waals surface area contributed by atoms with Gasteiger partial charge in [0, 0.05) is 104 Å². The third-order valence-electron chi connectivity index (χ3n) is 24.6. The number of hydrogen-bond donors (Lipinski definition) is 6. The summed E-state index contributed by atoms with van der Waals surface area (Å²) in [7, 11) is 0. The maximum absolute atomic E-state index is 6.13. The zero-order chi connectivity index (χ0) is 89.9. The number of aromatic amines is 4. The number of H-pyrrole nitrogens is 4. The van der Waals surface area contributed by atoms with E-state index < -0.39 is 0 Å². The van der Waals surface area contributed by atoms with Crippen LogP contribution in [0.15, 0.2) is 158 Å². The van der Waals surface area contributed by atoms with Crippen LogP contribution in [0.3, 0.4) is 0 Å². The molecule has 0 atom stereocenters. The zero-order valence-electron chi connectivity index (χ0n) is 78.7. The first kappa shape index (κ1) is 86.6. The molecular formula is C114H122N12. The number of aromatic nitrogens is 10. The first-order valence-electron chi connectivity index (χ1n) is 44.7. The number of hydrogen-bond acceptors (Lipinski definition) is 8. The van der Waals surface area contributed by atoms with Crippen LogP contribution >= 0.6 is 0 Å². The summed E-state index contributed by atoms with van der Waals surface area (Å²) in [6.45, 7) is 60.9. The molecule has 12 heterocycles. The normalized spacial score (nSPS) is 13.1. The minimum absolute atomic E-state index is 0.182. The quantitative estimate of drug-likeness (QED) is 0.0778. The number of nitrogens with zero attached hydrogens (tertiary/aromatic N) is 6. The fourth-order valence-corrected chi connectivity index (χ4v) is 16.9. The van der Waals surface area contributed by atoms with E-state index in [0.717, 1.165) is 145 Å². The molecule has 638 valence electrons. The zero-order valence-corrected chi connectivity index (χ0v) is 78.7. The van der Waals surface area contributed by atoms with Gasteiger partial charge in [-0.05, 0) is 233 Å². The molecule has 12 nitrogen and oxygen atoms in total. The molecule has 0 aliphatic carbocycles. The molecule has 0 spiro atoms. The number of fused-ring (bicyclic) bond motifs is 16. The Hall–Kier alpha value is -12.9. The first-order valence-corrected chi connectivity index (χ1v) is 44.7. The van der Waals surface area contributed by atoms with E-state index >= 15 is 0 Å². The summed E-state index contributed by atoms with van der Waals surface area (Å²) in [6, 6.07) is 50.2. The molecule has 16 rings (SSSR count). The molecule has 4 aliphatic heterocycles. The Morgan fingerprint density at radius 1 is 0.246 bits per heavy atom. The van der Waals surface area contributed by atoms with Gasteiger partial charge in [0.1, 0.15) is 0 Å². The Bertz CT molecular complexity index is 6720. The predicted octanol–water partition coefficient (Wildman–Crippen LogP) is 28.8. The van der Waals surface area contributed by atoms with Gasteiger partial charge in [0.15, 0.2) is 0 Å². The summed E-state index contributed by atoms with van der Waals surface area (Å²) in [4.78, 5) is 49.8. The number of nitrogens with one attached hydrogen (secondary N) is 6. The van der Waals surface area contributed by atoms with Crippen molar-refractivity contribution in [1.82, 2.24) is 49.8 Å². The molecule has 0 fully saturated rings. The Labute approximate surface area is 746 Å². The Kier molecular flexibility index (Phi) is 22.2. The van der Waals surface area contributed by atoms with Gasteiger partial charge in [0.05, 0.1) is 90.2 Å². The van der Waals surface area contributed by atoms with Crippen LogP contribution in [0.4, 0.5) is 11.4 Å².